The number of esters is 1. The number of rotatable bonds is 2. The molecule has 0 heterocycles. The van der Waals surface area contributed by atoms with E-state index in [1.54, 1.807) is 6.92 Å². The number of carbonyl (C=O) groups excluding carboxylic acids is 1. The Kier molecular flexibility index (Phi) is 3.89. The third-order valence-electron chi connectivity index (χ3n) is 1.49. The van der Waals surface area contributed by atoms with Crippen LogP contribution in [-0.4, -0.2) is 12.6 Å². The molecule has 0 saturated heterocycles. The SMILES string of the molecule is CCOC(=O)c1cc(F)c(Br)c(Cl)c1. The van der Waals surface area contributed by atoms with E-state index in [9.17, 15) is 9.18 Å². The largest absolute Gasteiger partial charge is 0.462 e. The molecule has 0 atom stereocenters. The highest BCUT2D eigenvalue weighted by atomic mass is 79.9. The van der Waals surface area contributed by atoms with Crippen LogP contribution >= 0.6 is 27.5 Å². The van der Waals surface area contributed by atoms with Gasteiger partial charge in [-0.05, 0) is 35.0 Å². The third-order valence-corrected chi connectivity index (χ3v) is 2.83. The van der Waals surface area contributed by atoms with Crippen molar-refractivity contribution in [2.75, 3.05) is 6.61 Å². The van der Waals surface area contributed by atoms with Crippen LogP contribution in [0.4, 0.5) is 4.39 Å². The predicted octanol–water partition coefficient (Wildman–Crippen LogP) is 3.42. The van der Waals surface area contributed by atoms with Crippen molar-refractivity contribution in [1.29, 1.82) is 0 Å². The van der Waals surface area contributed by atoms with Crippen molar-refractivity contribution in [2.45, 2.75) is 6.92 Å². The Morgan fingerprint density at radius 1 is 1.64 bits per heavy atom. The first-order valence-electron chi connectivity index (χ1n) is 3.88. The molecule has 14 heavy (non-hydrogen) atoms. The summed E-state index contributed by atoms with van der Waals surface area (Å²) in [5.74, 6) is -1.17. The Morgan fingerprint density at radius 3 is 2.79 bits per heavy atom. The molecule has 0 unspecified atom stereocenters. The summed E-state index contributed by atoms with van der Waals surface area (Å²) in [7, 11) is 0. The van der Waals surface area contributed by atoms with Crippen LogP contribution in [0.3, 0.4) is 0 Å². The molecule has 0 aliphatic rings. The fourth-order valence-electron chi connectivity index (χ4n) is 0.888. The van der Waals surface area contributed by atoms with Crippen molar-refractivity contribution in [1.82, 2.24) is 0 Å². The van der Waals surface area contributed by atoms with Crippen LogP contribution in [0.2, 0.25) is 5.02 Å². The molecule has 0 radical (unpaired) electrons. The molecule has 0 saturated carbocycles. The van der Waals surface area contributed by atoms with Gasteiger partial charge in [0.05, 0.1) is 21.7 Å². The Balaban J connectivity index is 3.06. The quantitative estimate of drug-likeness (QED) is 0.613. The lowest BCUT2D eigenvalue weighted by atomic mass is 10.2. The first-order valence-corrected chi connectivity index (χ1v) is 5.05. The van der Waals surface area contributed by atoms with E-state index in [1.807, 2.05) is 0 Å². The van der Waals surface area contributed by atoms with Crippen LogP contribution in [0.25, 0.3) is 0 Å². The predicted molar refractivity (Wildman–Crippen MR) is 55.1 cm³/mol. The van der Waals surface area contributed by atoms with E-state index in [2.05, 4.69) is 15.9 Å². The Morgan fingerprint density at radius 2 is 2.29 bits per heavy atom. The summed E-state index contributed by atoms with van der Waals surface area (Å²) in [4.78, 5) is 11.2. The molecule has 0 aromatic heterocycles. The van der Waals surface area contributed by atoms with Gasteiger partial charge in [-0.25, -0.2) is 9.18 Å². The fraction of sp³-hybridized carbons (Fsp3) is 0.222. The first kappa shape index (κ1) is 11.5. The summed E-state index contributed by atoms with van der Waals surface area (Å²) in [5.41, 5.74) is 0.109. The molecule has 0 aliphatic heterocycles. The average Bonchev–Trinajstić information content (AvgIpc) is 2.13. The van der Waals surface area contributed by atoms with Crippen LogP contribution in [-0.2, 0) is 4.74 Å². The maximum Gasteiger partial charge on any atom is 0.338 e. The van der Waals surface area contributed by atoms with Gasteiger partial charge in [0.1, 0.15) is 5.82 Å². The van der Waals surface area contributed by atoms with Crippen LogP contribution < -0.4 is 0 Å². The van der Waals surface area contributed by atoms with E-state index in [0.29, 0.717) is 0 Å². The van der Waals surface area contributed by atoms with E-state index in [0.717, 1.165) is 6.07 Å². The van der Waals surface area contributed by atoms with E-state index in [1.165, 1.54) is 6.07 Å². The van der Waals surface area contributed by atoms with Gasteiger partial charge >= 0.3 is 5.97 Å². The maximum atomic E-state index is 13.1. The lowest BCUT2D eigenvalue weighted by Crippen LogP contribution is -2.05. The molecule has 1 aromatic rings. The van der Waals surface area contributed by atoms with Crippen molar-refractivity contribution in [2.24, 2.45) is 0 Å². The summed E-state index contributed by atoms with van der Waals surface area (Å²) in [6, 6.07) is 2.43. The van der Waals surface area contributed by atoms with Crippen LogP contribution in [0.1, 0.15) is 17.3 Å². The topological polar surface area (TPSA) is 26.3 Å². The summed E-state index contributed by atoms with van der Waals surface area (Å²) in [6.07, 6.45) is 0. The molecule has 0 amide bonds. The number of carbonyl (C=O) groups is 1. The average molecular weight is 282 g/mol. The first-order chi connectivity index (χ1) is 6.56. The van der Waals surface area contributed by atoms with Gasteiger partial charge in [-0.1, -0.05) is 11.6 Å². The lowest BCUT2D eigenvalue weighted by Gasteiger charge is -2.04. The highest BCUT2D eigenvalue weighted by molar-refractivity contribution is 9.10. The number of ether oxygens (including phenoxy) is 1. The summed E-state index contributed by atoms with van der Waals surface area (Å²) >= 11 is 8.61. The van der Waals surface area contributed by atoms with Gasteiger partial charge in [0.25, 0.3) is 0 Å². The van der Waals surface area contributed by atoms with Crippen molar-refractivity contribution in [3.05, 3.63) is 33.0 Å². The number of halogens is 3. The van der Waals surface area contributed by atoms with E-state index >= 15 is 0 Å². The van der Waals surface area contributed by atoms with Crippen molar-refractivity contribution >= 4 is 33.5 Å². The standard InChI is InChI=1S/C9H7BrClFO2/c1-2-14-9(13)5-3-6(11)8(10)7(12)4-5/h3-4H,2H2,1H3. The van der Waals surface area contributed by atoms with Crippen molar-refractivity contribution < 1.29 is 13.9 Å². The molecule has 0 fully saturated rings. The lowest BCUT2D eigenvalue weighted by molar-refractivity contribution is 0.0526. The maximum absolute atomic E-state index is 13.1. The van der Waals surface area contributed by atoms with Gasteiger partial charge in [0.15, 0.2) is 0 Å². The molecule has 5 heteroatoms. The molecule has 1 rings (SSSR count). The van der Waals surface area contributed by atoms with Crippen LogP contribution in [0.15, 0.2) is 16.6 Å². The van der Waals surface area contributed by atoms with E-state index in [4.69, 9.17) is 16.3 Å². The molecule has 0 N–H and O–H groups in total. The third kappa shape index (κ3) is 2.45. The summed E-state index contributed by atoms with van der Waals surface area (Å²) in [5, 5.41) is 0.146. The smallest absolute Gasteiger partial charge is 0.338 e. The van der Waals surface area contributed by atoms with Gasteiger partial charge in [0, 0.05) is 0 Å². The minimum atomic E-state index is -0.583. The van der Waals surface area contributed by atoms with Crippen LogP contribution in [0, 0.1) is 5.82 Å². The molecule has 0 aliphatic carbocycles. The molecule has 76 valence electrons. The monoisotopic (exact) mass is 280 g/mol. The molecular formula is C9H7BrClFO2. The van der Waals surface area contributed by atoms with Gasteiger partial charge in [-0.15, -0.1) is 0 Å². The highest BCUT2D eigenvalue weighted by Crippen LogP contribution is 2.27. The van der Waals surface area contributed by atoms with Crippen LogP contribution in [0.5, 0.6) is 0 Å². The second-order valence-electron chi connectivity index (χ2n) is 2.47. The zero-order chi connectivity index (χ0) is 10.7. The minimum Gasteiger partial charge on any atom is -0.462 e. The second-order valence-corrected chi connectivity index (χ2v) is 3.67. The fourth-order valence-corrected chi connectivity index (χ4v) is 1.32. The van der Waals surface area contributed by atoms with Crippen molar-refractivity contribution in [3.63, 3.8) is 0 Å². The van der Waals surface area contributed by atoms with Gasteiger partial charge in [-0.3, -0.25) is 0 Å². The molecule has 0 spiro atoms. The second kappa shape index (κ2) is 4.75. The minimum absolute atomic E-state index is 0.109. The summed E-state index contributed by atoms with van der Waals surface area (Å²) in [6.45, 7) is 1.92. The van der Waals surface area contributed by atoms with Gasteiger partial charge in [0.2, 0.25) is 0 Å². The molecule has 1 aromatic carbocycles. The number of benzene rings is 1. The Hall–Kier alpha value is -0.610. The zero-order valence-corrected chi connectivity index (χ0v) is 9.65. The van der Waals surface area contributed by atoms with Crippen molar-refractivity contribution in [3.8, 4) is 0 Å². The molecule has 0 bridgehead atoms. The number of hydrogen-bond acceptors (Lipinski definition) is 2. The van der Waals surface area contributed by atoms with Gasteiger partial charge in [-0.2, -0.15) is 0 Å². The van der Waals surface area contributed by atoms with E-state index < -0.39 is 11.8 Å². The van der Waals surface area contributed by atoms with E-state index in [-0.39, 0.29) is 21.7 Å². The summed E-state index contributed by atoms with van der Waals surface area (Å²) < 4.78 is 17.9. The van der Waals surface area contributed by atoms with Gasteiger partial charge < -0.3 is 4.74 Å². The highest BCUT2D eigenvalue weighted by Gasteiger charge is 2.12. The Labute approximate surface area is 94.1 Å². The number of hydrogen-bond donors (Lipinski definition) is 0. The zero-order valence-electron chi connectivity index (χ0n) is 7.31. The normalized spacial score (nSPS) is 10.0. The Bertz CT molecular complexity index is 345. The molecule has 2 nitrogen and oxygen atoms in total. The molecular weight excluding hydrogens is 274 g/mol.